The molecule has 0 bridgehead atoms. The Morgan fingerprint density at radius 2 is 1.85 bits per heavy atom. The molecular weight excluding hydrogens is 471 g/mol. The minimum atomic E-state index is -3.84. The molecule has 0 radical (unpaired) electrons. The van der Waals surface area contributed by atoms with Crippen LogP contribution in [0.3, 0.4) is 0 Å². The van der Waals surface area contributed by atoms with Crippen LogP contribution in [0.1, 0.15) is 29.3 Å². The third kappa shape index (κ3) is 4.60. The Bertz CT molecular complexity index is 1470. The molecule has 0 aliphatic rings. The molecule has 0 aliphatic carbocycles. The predicted octanol–water partition coefficient (Wildman–Crippen LogP) is 5.54. The number of aromatic nitrogens is 2. The van der Waals surface area contributed by atoms with Crippen molar-refractivity contribution in [3.8, 4) is 11.1 Å². The number of carbonyl (C=O) groups is 1. The lowest BCUT2D eigenvalue weighted by atomic mass is 9.69. The Labute approximate surface area is 193 Å². The van der Waals surface area contributed by atoms with Crippen molar-refractivity contribution >= 4 is 44.1 Å². The van der Waals surface area contributed by atoms with Gasteiger partial charge < -0.3 is 4.98 Å². The van der Waals surface area contributed by atoms with Crippen LogP contribution in [0, 0.1) is 11.6 Å². The van der Waals surface area contributed by atoms with Gasteiger partial charge in [-0.3, -0.25) is 9.52 Å². The summed E-state index contributed by atoms with van der Waals surface area (Å²) in [5, 5.41) is 0.925. The first-order valence-electron chi connectivity index (χ1n) is 9.96. The number of ketones is 1. The van der Waals surface area contributed by atoms with Gasteiger partial charge in [0.05, 0.1) is 17.0 Å². The van der Waals surface area contributed by atoms with E-state index in [0.717, 1.165) is 17.7 Å². The van der Waals surface area contributed by atoms with Gasteiger partial charge in [-0.2, -0.15) is 0 Å². The number of nitrogens with one attached hydrogen (secondary N) is 2. The van der Waals surface area contributed by atoms with Crippen molar-refractivity contribution in [2.75, 3.05) is 10.5 Å². The molecule has 10 heteroatoms. The zero-order chi connectivity index (χ0) is 23.8. The van der Waals surface area contributed by atoms with Crippen molar-refractivity contribution in [2.24, 2.45) is 0 Å². The molecule has 0 atom stereocenters. The van der Waals surface area contributed by atoms with Crippen LogP contribution in [-0.2, 0) is 10.0 Å². The molecule has 33 heavy (non-hydrogen) atoms. The Morgan fingerprint density at radius 1 is 1.12 bits per heavy atom. The van der Waals surface area contributed by atoms with Gasteiger partial charge in [0.1, 0.15) is 11.5 Å². The molecule has 0 aliphatic heterocycles. The van der Waals surface area contributed by atoms with E-state index in [0.29, 0.717) is 28.0 Å². The molecule has 2 aromatic heterocycles. The number of nitrogens with zero attached hydrogens (tertiary/aromatic N) is 1. The molecule has 4 rings (SSSR count). The summed E-state index contributed by atoms with van der Waals surface area (Å²) in [6.45, 7) is 1.65. The van der Waals surface area contributed by atoms with E-state index in [9.17, 15) is 17.6 Å². The number of hydrogen-bond donors (Lipinski definition) is 2. The van der Waals surface area contributed by atoms with E-state index in [4.69, 9.17) is 11.6 Å². The monoisotopic (exact) mass is 488 g/mol. The molecule has 0 fully saturated rings. The maximum atomic E-state index is 15.1. The minimum Gasteiger partial charge on any atom is -0.345 e. The summed E-state index contributed by atoms with van der Waals surface area (Å²) in [7, 11) is -3.84. The molecular formula is C23H18ClF2N3O3S. The summed E-state index contributed by atoms with van der Waals surface area (Å²) in [6.07, 6.45) is 3.22. The zero-order valence-electron chi connectivity index (χ0n) is 17.3. The van der Waals surface area contributed by atoms with E-state index >= 15 is 4.39 Å². The predicted molar refractivity (Wildman–Crippen MR) is 124 cm³/mol. The van der Waals surface area contributed by atoms with Crippen LogP contribution in [0.2, 0.25) is 5.02 Å². The number of fused-ring (bicyclic) bond motifs is 1. The number of benzene rings is 2. The summed E-state index contributed by atoms with van der Waals surface area (Å²) in [5.41, 5.74) is 0.474. The zero-order valence-corrected chi connectivity index (χ0v) is 18.9. The highest BCUT2D eigenvalue weighted by Gasteiger charge is 2.26. The van der Waals surface area contributed by atoms with Crippen LogP contribution in [0.4, 0.5) is 14.5 Å². The lowest BCUT2D eigenvalue weighted by molar-refractivity contribution is 0.103. The fraction of sp³-hybridized carbons (Fsp3) is 0.130. The molecule has 2 N–H and O–H groups in total. The molecule has 0 unspecified atom stereocenters. The Kier molecular flexibility index (Phi) is 6.18. The van der Waals surface area contributed by atoms with E-state index in [2.05, 4.69) is 14.7 Å². The van der Waals surface area contributed by atoms with Gasteiger partial charge in [-0.25, -0.2) is 22.2 Å². The van der Waals surface area contributed by atoms with Crippen molar-refractivity contribution in [1.82, 2.24) is 9.97 Å². The maximum absolute atomic E-state index is 15.1. The first-order chi connectivity index (χ1) is 15.7. The van der Waals surface area contributed by atoms with Gasteiger partial charge in [-0.15, -0.1) is 0 Å². The molecule has 6 nitrogen and oxygen atoms in total. The lowest BCUT2D eigenvalue weighted by Gasteiger charge is -2.11. The SMILES string of the molecule is CCCS(=O)(=O)Nc1ccc(F)c([11C](=O)c2c[nH]c3ncc(-c4ccc(Cl)cc4)cc23)c1F. The third-order valence-electron chi connectivity index (χ3n) is 5.01. The van der Waals surface area contributed by atoms with Gasteiger partial charge in [-0.05, 0) is 42.3 Å². The molecule has 0 amide bonds. The van der Waals surface area contributed by atoms with E-state index in [1.807, 2.05) is 0 Å². The number of aromatic amines is 1. The van der Waals surface area contributed by atoms with Gasteiger partial charge in [0.25, 0.3) is 0 Å². The highest BCUT2D eigenvalue weighted by atomic mass is 35.5. The highest BCUT2D eigenvalue weighted by Crippen LogP contribution is 2.30. The second-order valence-corrected chi connectivity index (χ2v) is 9.64. The third-order valence-corrected chi connectivity index (χ3v) is 6.74. The van der Waals surface area contributed by atoms with Crippen LogP contribution in [0.15, 0.2) is 54.9 Å². The minimum absolute atomic E-state index is 0.000297. The molecule has 0 saturated heterocycles. The summed E-state index contributed by atoms with van der Waals surface area (Å²) in [4.78, 5) is 20.3. The number of rotatable bonds is 7. The van der Waals surface area contributed by atoms with Gasteiger partial charge in [-0.1, -0.05) is 30.7 Å². The smallest absolute Gasteiger partial charge is 0.232 e. The van der Waals surface area contributed by atoms with Crippen LogP contribution in [-0.4, -0.2) is 29.9 Å². The van der Waals surface area contributed by atoms with Crippen molar-refractivity contribution in [3.05, 3.63) is 82.6 Å². The van der Waals surface area contributed by atoms with E-state index in [1.54, 1.807) is 43.5 Å². The standard InChI is InChI=1S/C23H18ClF2N3O3S/c1-2-9-33(31,32)29-19-8-7-18(25)20(21(19)26)22(30)17-12-28-23-16(17)10-14(11-27-23)13-3-5-15(24)6-4-13/h3-8,10-12,29H,2,9H2,1H3,(H,27,28)/i22-1. The van der Waals surface area contributed by atoms with E-state index < -0.39 is 38.7 Å². The van der Waals surface area contributed by atoms with E-state index in [-0.39, 0.29) is 11.3 Å². The summed E-state index contributed by atoms with van der Waals surface area (Å²) in [5.74, 6) is -3.57. The largest absolute Gasteiger partial charge is 0.345 e. The average molecular weight is 489 g/mol. The normalized spacial score (nSPS) is 11.6. The second-order valence-electron chi connectivity index (χ2n) is 7.36. The summed E-state index contributed by atoms with van der Waals surface area (Å²) in [6, 6.07) is 10.5. The Morgan fingerprint density at radius 3 is 2.55 bits per heavy atom. The summed E-state index contributed by atoms with van der Waals surface area (Å²) >= 11 is 5.93. The first-order valence-corrected chi connectivity index (χ1v) is 12.0. The van der Waals surface area contributed by atoms with Gasteiger partial charge in [0, 0.05) is 33.9 Å². The van der Waals surface area contributed by atoms with Gasteiger partial charge >= 0.3 is 0 Å². The van der Waals surface area contributed by atoms with Crippen LogP contribution < -0.4 is 4.72 Å². The number of halogens is 3. The molecule has 170 valence electrons. The average Bonchev–Trinajstić information content (AvgIpc) is 3.19. The molecule has 0 spiro atoms. The Hall–Kier alpha value is -3.30. The van der Waals surface area contributed by atoms with E-state index in [1.165, 1.54) is 6.20 Å². The van der Waals surface area contributed by atoms with Crippen molar-refractivity contribution in [3.63, 3.8) is 0 Å². The van der Waals surface area contributed by atoms with Crippen LogP contribution in [0.5, 0.6) is 0 Å². The number of sulfonamides is 1. The van der Waals surface area contributed by atoms with Crippen molar-refractivity contribution in [1.29, 1.82) is 0 Å². The molecule has 0 saturated carbocycles. The topological polar surface area (TPSA) is 91.9 Å². The van der Waals surface area contributed by atoms with Crippen molar-refractivity contribution < 1.29 is 22.0 Å². The quantitative estimate of drug-likeness (QED) is 0.334. The number of H-pyrrole nitrogens is 1. The number of pyridine rings is 1. The molecule has 2 heterocycles. The van der Waals surface area contributed by atoms with Crippen LogP contribution >= 0.6 is 11.6 Å². The summed E-state index contributed by atoms with van der Waals surface area (Å²) < 4.78 is 55.8. The molecule has 2 aromatic carbocycles. The Balaban J connectivity index is 1.78. The number of anilines is 1. The van der Waals surface area contributed by atoms with Gasteiger partial charge in [0.2, 0.25) is 15.8 Å². The number of hydrogen-bond acceptors (Lipinski definition) is 4. The maximum Gasteiger partial charge on any atom is 0.232 e. The lowest BCUT2D eigenvalue weighted by Crippen LogP contribution is -2.18. The fourth-order valence-corrected chi connectivity index (χ4v) is 4.71. The van der Waals surface area contributed by atoms with Crippen LogP contribution in [0.25, 0.3) is 22.2 Å². The second kappa shape index (κ2) is 8.92. The fourth-order valence-electron chi connectivity index (χ4n) is 3.45. The van der Waals surface area contributed by atoms with Crippen molar-refractivity contribution in [2.45, 2.75) is 13.3 Å². The van der Waals surface area contributed by atoms with Gasteiger partial charge in [0.15, 0.2) is 5.82 Å². The highest BCUT2D eigenvalue weighted by molar-refractivity contribution is 7.92. The molecule has 4 aromatic rings. The first kappa shape index (κ1) is 22.9. The number of carbonyl (C=O) groups excluding carboxylic acids is 1.